The minimum absolute atomic E-state index is 0. The van der Waals surface area contributed by atoms with Crippen LogP contribution >= 0.6 is 0 Å². The molecule has 0 radical (unpaired) electrons. The van der Waals surface area contributed by atoms with Crippen molar-refractivity contribution in [2.75, 3.05) is 34.1 Å². The molecule has 2 fully saturated rings. The molecule has 0 amide bonds. The number of likely N-dealkylation sites (N-methyl/N-ethyl adjacent to an activating group) is 2. The molecule has 0 bridgehead atoms. The molecule has 5 aliphatic rings. The first kappa shape index (κ1) is 66.6. The van der Waals surface area contributed by atoms with Gasteiger partial charge in [0.2, 0.25) is 0 Å². The Morgan fingerprint density at radius 2 is 1.13 bits per heavy atom. The second-order valence-corrected chi connectivity index (χ2v) is 8.04. The summed E-state index contributed by atoms with van der Waals surface area (Å²) in [5, 5.41) is 18.5. The van der Waals surface area contributed by atoms with Gasteiger partial charge in [0, 0.05) is 83.6 Å². The quantitative estimate of drug-likeness (QED) is 0.337. The number of aromatic nitrogens is 2. The predicted molar refractivity (Wildman–Crippen MR) is 186 cm³/mol. The maximum atomic E-state index is 7.54. The number of aliphatic imine (C=N–C) groups is 3. The summed E-state index contributed by atoms with van der Waals surface area (Å²) >= 11 is 0. The summed E-state index contributed by atoms with van der Waals surface area (Å²) in [5.74, 6) is 0.987. The van der Waals surface area contributed by atoms with Crippen LogP contribution in [0.3, 0.4) is 0 Å². The third-order valence-electron chi connectivity index (χ3n) is 5.77. The molecule has 5 aliphatic heterocycles. The normalized spacial score (nSPS) is 24.6. The second-order valence-electron chi connectivity index (χ2n) is 8.04. The summed E-state index contributed by atoms with van der Waals surface area (Å²) in [6, 6.07) is -0.0116. The predicted octanol–water partition coefficient (Wildman–Crippen LogP) is 5.18. The number of nitrogens with one attached hydrogen (secondary N) is 5. The van der Waals surface area contributed by atoms with Crippen molar-refractivity contribution >= 4 is 24.3 Å². The van der Waals surface area contributed by atoms with Gasteiger partial charge in [0.05, 0.1) is 42.8 Å². The number of nitrogens with zero attached hydrogens (tertiary/aromatic N) is 10. The molecule has 6 unspecified atom stereocenters. The fourth-order valence-corrected chi connectivity index (χ4v) is 3.92. The molecule has 0 saturated carbocycles. The zero-order chi connectivity index (χ0) is 23.5. The van der Waals surface area contributed by atoms with E-state index in [9.17, 15) is 0 Å². The summed E-state index contributed by atoms with van der Waals surface area (Å²) in [6.45, 7) is 1.50. The fraction of sp³-hybridized carbons (Fsp3) is 0.444. The zero-order valence-electron chi connectivity index (χ0n) is 28.7. The van der Waals surface area contributed by atoms with Gasteiger partial charge in [0.15, 0.2) is 0 Å². The third-order valence-corrected chi connectivity index (χ3v) is 5.77. The van der Waals surface area contributed by atoms with E-state index in [1.807, 2.05) is 30.9 Å². The van der Waals surface area contributed by atoms with E-state index in [0.29, 0.717) is 25.7 Å². The number of imidazole rings is 1. The molecule has 0 aromatic carbocycles. The van der Waals surface area contributed by atoms with Crippen molar-refractivity contribution in [3.05, 3.63) is 112 Å². The van der Waals surface area contributed by atoms with E-state index in [1.54, 1.807) is 23.6 Å². The molecule has 2 saturated heterocycles. The van der Waals surface area contributed by atoms with E-state index < -0.39 is 0 Å². The van der Waals surface area contributed by atoms with Gasteiger partial charge in [-0.25, -0.2) is 12.3 Å². The van der Waals surface area contributed by atoms with Crippen molar-refractivity contribution in [1.82, 2.24) is 30.0 Å². The number of fused-ring (bicyclic) bond motifs is 3. The van der Waals surface area contributed by atoms with Crippen LogP contribution in [-0.2, 0) is 70.2 Å². The summed E-state index contributed by atoms with van der Waals surface area (Å²) in [7, 11) is 5.77. The molecule has 1 aromatic heterocycles. The Morgan fingerprint density at radius 1 is 0.733 bits per heavy atom. The van der Waals surface area contributed by atoms with Crippen LogP contribution in [-0.4, -0.2) is 109 Å². The van der Waals surface area contributed by atoms with Gasteiger partial charge < -0.3 is 130 Å². The molecule has 6 rings (SSSR count). The largest absolute Gasteiger partial charge is 0.691 e. The van der Waals surface area contributed by atoms with Crippen LogP contribution in [0.15, 0.2) is 21.3 Å². The zero-order valence-corrected chi connectivity index (χ0v) is 35.6. The van der Waals surface area contributed by atoms with Gasteiger partial charge in [-0.3, -0.25) is 15.0 Å². The molecule has 15 nitrogen and oxygen atoms in total. The van der Waals surface area contributed by atoms with Crippen molar-refractivity contribution in [3.8, 4) is 0 Å². The molecule has 6 heterocycles. The number of hydrogen-bond acceptors (Lipinski definition) is 8. The van der Waals surface area contributed by atoms with Crippen LogP contribution in [0.4, 0.5) is 5.82 Å². The summed E-state index contributed by atoms with van der Waals surface area (Å²) in [4.78, 5) is 20.1. The Labute approximate surface area is 320 Å². The SMILES string of the molecule is CN1C=NC2C([NH-])[N-]CNC21.CN1C=NC2C([NH-])[N-]CNC21.Cn1cnc2c1[N-]CN=C2[NH-].[CH3-].[CH3-].[CH3-].[CH3-].[CH3-].[CH3-].[CH3-].[CH3-].[CH3-].[Pt].[Pt].[Pt]. The first-order valence-corrected chi connectivity index (χ1v) is 10.5. The van der Waals surface area contributed by atoms with Gasteiger partial charge in [-0.1, -0.05) is 20.4 Å². The Morgan fingerprint density at radius 3 is 1.49 bits per heavy atom. The topological polar surface area (TPSA) is 199 Å². The minimum atomic E-state index is -0.387. The van der Waals surface area contributed by atoms with Crippen molar-refractivity contribution < 1.29 is 63.2 Å². The maximum Gasteiger partial charge on any atom is 0.0982 e. The van der Waals surface area contributed by atoms with Crippen molar-refractivity contribution in [2.45, 2.75) is 36.7 Å². The van der Waals surface area contributed by atoms with Gasteiger partial charge in [-0.2, -0.15) is 0 Å². The fourth-order valence-electron chi connectivity index (χ4n) is 3.92. The Balaban J connectivity index is -0.0000000545. The van der Waals surface area contributed by atoms with Crippen LogP contribution < -0.4 is 10.6 Å². The minimum Gasteiger partial charge on any atom is -0.691 e. The number of amidine groups is 1. The molecule has 0 aliphatic carbocycles. The average molecular weight is 1180 g/mol. The molecular weight excluding hydrogens is 1120 g/mol. The van der Waals surface area contributed by atoms with Crippen LogP contribution in [0, 0.1) is 66.8 Å². The van der Waals surface area contributed by atoms with Gasteiger partial charge in [0.25, 0.3) is 0 Å². The smallest absolute Gasteiger partial charge is 0.0982 e. The van der Waals surface area contributed by atoms with Crippen molar-refractivity contribution in [2.24, 2.45) is 22.0 Å². The molecule has 45 heavy (non-hydrogen) atoms. The van der Waals surface area contributed by atoms with Crippen molar-refractivity contribution in [1.29, 1.82) is 0 Å². The summed E-state index contributed by atoms with van der Waals surface area (Å²) in [5.41, 5.74) is 23.0. The van der Waals surface area contributed by atoms with E-state index in [-0.39, 0.29) is 173 Å². The average Bonchev–Trinajstić information content (AvgIpc) is 3.50. The van der Waals surface area contributed by atoms with E-state index in [0.717, 1.165) is 5.82 Å². The molecule has 5 N–H and O–H groups in total. The van der Waals surface area contributed by atoms with Crippen molar-refractivity contribution in [3.63, 3.8) is 0 Å². The Hall–Kier alpha value is -0.755. The molecule has 18 heteroatoms. The van der Waals surface area contributed by atoms with Gasteiger partial charge in [-0.15, -0.1) is 0 Å². The first-order chi connectivity index (χ1) is 15.9. The molecule has 6 atom stereocenters. The van der Waals surface area contributed by atoms with Crippen LogP contribution in [0.2, 0.25) is 0 Å². The Kier molecular flexibility index (Phi) is 45.3. The van der Waals surface area contributed by atoms with Gasteiger partial charge in [-0.05, 0) is 18.3 Å². The molecular formula is C27H56N15Pt3-15. The standard InChI is InChI=1S/2C6H11N5.C6H7N5.9CH3.3Pt/c3*1-11-3-10-4-5(7)8-2-9-6(4)11;;;;;;;;;;;;/h2*3-7,9H,2H2,1H3;3H,2H2,1H3,(H-,7,8);9*1H3;;;/q3*-2;9*-1;;;. The van der Waals surface area contributed by atoms with Crippen LogP contribution in [0.1, 0.15) is 5.69 Å². The maximum absolute atomic E-state index is 7.54. The number of hydrogen-bond donors (Lipinski definition) is 2. The Bertz CT molecular complexity index is 876. The van der Waals surface area contributed by atoms with E-state index in [2.05, 4.69) is 46.5 Å². The third kappa shape index (κ3) is 15.8. The number of rotatable bonds is 0. The van der Waals surface area contributed by atoms with Gasteiger partial charge >= 0.3 is 0 Å². The van der Waals surface area contributed by atoms with Crippen LogP contribution in [0.25, 0.3) is 33.2 Å². The molecule has 0 spiro atoms. The molecule has 284 valence electrons. The van der Waals surface area contributed by atoms with E-state index >= 15 is 0 Å². The first-order valence-electron chi connectivity index (χ1n) is 10.5. The van der Waals surface area contributed by atoms with Gasteiger partial charge in [0.1, 0.15) is 0 Å². The van der Waals surface area contributed by atoms with E-state index in [4.69, 9.17) is 17.2 Å². The molecule has 1 aromatic rings. The summed E-state index contributed by atoms with van der Waals surface area (Å²) in [6.07, 6.45) is 4.79. The number of aryl methyl sites for hydroxylation is 1. The summed E-state index contributed by atoms with van der Waals surface area (Å²) < 4.78 is 1.79. The van der Waals surface area contributed by atoms with Crippen LogP contribution in [0.5, 0.6) is 0 Å². The van der Waals surface area contributed by atoms with E-state index in [1.165, 1.54) is 0 Å². The second kappa shape index (κ2) is 30.6. The monoisotopic (exact) mass is 1180 g/mol.